The number of hydrogen-bond acceptors (Lipinski definition) is 5. The van der Waals surface area contributed by atoms with Gasteiger partial charge in [0.1, 0.15) is 0 Å². The lowest BCUT2D eigenvalue weighted by Crippen LogP contribution is -2.52. The summed E-state index contributed by atoms with van der Waals surface area (Å²) in [5.41, 5.74) is 12.4. The van der Waals surface area contributed by atoms with E-state index in [0.717, 1.165) is 24.0 Å². The lowest BCUT2D eigenvalue weighted by atomic mass is 9.63. The first-order chi connectivity index (χ1) is 19.6. The summed E-state index contributed by atoms with van der Waals surface area (Å²) in [6.07, 6.45) is 3.54. The third-order valence-electron chi connectivity index (χ3n) is 7.54. The van der Waals surface area contributed by atoms with Crippen LogP contribution in [0.15, 0.2) is 77.9 Å². The molecule has 2 aromatic carbocycles. The smallest absolute Gasteiger partial charge is 0.249 e. The Kier molecular flexibility index (Phi) is 11.7. The maximum atomic E-state index is 13.7. The van der Waals surface area contributed by atoms with Gasteiger partial charge in [-0.05, 0) is 55.0 Å². The lowest BCUT2D eigenvalue weighted by Gasteiger charge is -2.42. The average molecular weight is 581 g/mol. The number of amides is 3. The third kappa shape index (κ3) is 8.28. The number of hydrogen-bond donors (Lipinski definition) is 4. The Morgan fingerprint density at radius 1 is 1.00 bits per heavy atom. The van der Waals surface area contributed by atoms with Crippen LogP contribution in [0.4, 0.5) is 0 Å². The maximum absolute atomic E-state index is 13.7. The Morgan fingerprint density at radius 2 is 1.63 bits per heavy atom. The number of primary amides is 2. The van der Waals surface area contributed by atoms with Crippen molar-refractivity contribution in [1.29, 1.82) is 0 Å². The number of aliphatic hydroxyl groups is 1. The third-order valence-corrected chi connectivity index (χ3v) is 7.79. The van der Waals surface area contributed by atoms with E-state index in [0.29, 0.717) is 24.7 Å². The molecule has 0 saturated heterocycles. The number of carbonyl (C=O) groups excluding carboxylic acids is 3. The molecule has 9 heteroatoms. The van der Waals surface area contributed by atoms with Gasteiger partial charge in [0.25, 0.3) is 0 Å². The number of carbonyl (C=O) groups is 3. The van der Waals surface area contributed by atoms with Crippen LogP contribution in [0.2, 0.25) is 5.02 Å². The molecule has 8 nitrogen and oxygen atoms in total. The summed E-state index contributed by atoms with van der Waals surface area (Å²) >= 11 is 6.11. The zero-order valence-electron chi connectivity index (χ0n) is 23.8. The van der Waals surface area contributed by atoms with Crippen molar-refractivity contribution in [3.8, 4) is 0 Å². The largest absolute Gasteiger partial charge is 0.391 e. The molecule has 41 heavy (non-hydrogen) atoms. The molecule has 6 N–H and O–H groups in total. The van der Waals surface area contributed by atoms with Crippen LogP contribution in [-0.4, -0.2) is 53.5 Å². The molecule has 0 radical (unpaired) electrons. The van der Waals surface area contributed by atoms with Gasteiger partial charge in [-0.15, -0.1) is 0 Å². The minimum absolute atomic E-state index is 0.0249. The average Bonchev–Trinajstić information content (AvgIpc) is 2.96. The van der Waals surface area contributed by atoms with Crippen molar-refractivity contribution >= 4 is 29.3 Å². The van der Waals surface area contributed by atoms with Crippen molar-refractivity contribution in [1.82, 2.24) is 10.2 Å². The van der Waals surface area contributed by atoms with Gasteiger partial charge in [-0.25, -0.2) is 0 Å². The van der Waals surface area contributed by atoms with E-state index >= 15 is 0 Å². The molecule has 1 unspecified atom stereocenters. The normalized spacial score (nSPS) is 18.1. The molecule has 0 fully saturated rings. The van der Waals surface area contributed by atoms with Crippen LogP contribution >= 0.6 is 11.6 Å². The molecule has 0 aromatic heterocycles. The summed E-state index contributed by atoms with van der Waals surface area (Å²) < 4.78 is 0. The summed E-state index contributed by atoms with van der Waals surface area (Å²) in [5, 5.41) is 15.5. The standard InChI is InChI=1S/C32H41ClN4O4/c1-3-14-37(15-4-2)30(40)25-17-24(29(34)39)18-32(19-25,31(35)41)27(16-22-10-12-26(33)13-11-22)28(38)21-36-20-23-8-6-5-7-9-23/h5-13,17-18,27-28,36,38H,3-4,14-16,19-21H2,1-2H3,(H2,34,39)(H2,35,41)/t27-,28+,32?/m1/s1. The summed E-state index contributed by atoms with van der Waals surface area (Å²) in [7, 11) is 0. The van der Waals surface area contributed by atoms with Gasteiger partial charge in [-0.3, -0.25) is 14.4 Å². The van der Waals surface area contributed by atoms with E-state index < -0.39 is 29.3 Å². The number of halogens is 1. The molecule has 3 atom stereocenters. The van der Waals surface area contributed by atoms with Gasteiger partial charge in [0, 0.05) is 48.3 Å². The van der Waals surface area contributed by atoms with E-state index in [1.165, 1.54) is 12.2 Å². The summed E-state index contributed by atoms with van der Waals surface area (Å²) in [5.74, 6) is -2.58. The number of rotatable bonds is 15. The monoisotopic (exact) mass is 580 g/mol. The van der Waals surface area contributed by atoms with Gasteiger partial charge < -0.3 is 26.8 Å². The van der Waals surface area contributed by atoms with Crippen LogP contribution < -0.4 is 16.8 Å². The lowest BCUT2D eigenvalue weighted by molar-refractivity contribution is -0.132. The number of aliphatic hydroxyl groups excluding tert-OH is 1. The molecule has 1 aliphatic carbocycles. The van der Waals surface area contributed by atoms with Crippen LogP contribution in [0, 0.1) is 11.3 Å². The second-order valence-electron chi connectivity index (χ2n) is 10.6. The Hall–Kier alpha value is -3.46. The fraction of sp³-hybridized carbons (Fsp3) is 0.406. The summed E-state index contributed by atoms with van der Waals surface area (Å²) in [6.45, 7) is 5.67. The Bertz CT molecular complexity index is 1260. The fourth-order valence-corrected chi connectivity index (χ4v) is 5.60. The quantitative estimate of drug-likeness (QED) is 0.255. The van der Waals surface area contributed by atoms with E-state index in [-0.39, 0.29) is 36.4 Å². The van der Waals surface area contributed by atoms with Crippen molar-refractivity contribution < 1.29 is 19.5 Å². The highest BCUT2D eigenvalue weighted by molar-refractivity contribution is 6.30. The van der Waals surface area contributed by atoms with Crippen LogP contribution in [0.1, 0.15) is 44.2 Å². The minimum atomic E-state index is -1.55. The zero-order chi connectivity index (χ0) is 30.0. The SMILES string of the molecule is CCCN(CCC)C(=O)C1=CC(C(N)=O)=CC(C(N)=O)([C@H](Cc2ccc(Cl)cc2)[C@@H](O)CNCc2ccccc2)C1. The Labute approximate surface area is 247 Å². The molecule has 1 aliphatic rings. The first kappa shape index (κ1) is 32.1. The van der Waals surface area contributed by atoms with Crippen molar-refractivity contribution in [2.24, 2.45) is 22.8 Å². The van der Waals surface area contributed by atoms with E-state index in [1.807, 2.05) is 56.3 Å². The predicted octanol–water partition coefficient (Wildman–Crippen LogP) is 3.51. The molecule has 0 saturated carbocycles. The number of nitrogens with one attached hydrogen (secondary N) is 1. The molecule has 3 rings (SSSR count). The summed E-state index contributed by atoms with van der Waals surface area (Å²) in [6, 6.07) is 16.8. The fourth-order valence-electron chi connectivity index (χ4n) is 5.48. The highest BCUT2D eigenvalue weighted by Crippen LogP contribution is 2.44. The summed E-state index contributed by atoms with van der Waals surface area (Å²) in [4.78, 5) is 41.4. The number of nitrogens with zero attached hydrogens (tertiary/aromatic N) is 1. The van der Waals surface area contributed by atoms with Crippen LogP contribution in [0.3, 0.4) is 0 Å². The predicted molar refractivity (Wildman–Crippen MR) is 162 cm³/mol. The molecule has 0 heterocycles. The van der Waals surface area contributed by atoms with Gasteiger partial charge in [0.15, 0.2) is 0 Å². The van der Waals surface area contributed by atoms with Crippen molar-refractivity contribution in [3.05, 3.63) is 94.0 Å². The minimum Gasteiger partial charge on any atom is -0.391 e. The van der Waals surface area contributed by atoms with Gasteiger partial charge in [0.05, 0.1) is 11.5 Å². The molecular weight excluding hydrogens is 540 g/mol. The first-order valence-corrected chi connectivity index (χ1v) is 14.5. The zero-order valence-corrected chi connectivity index (χ0v) is 24.6. The van der Waals surface area contributed by atoms with Gasteiger partial charge in [-0.1, -0.05) is 74.0 Å². The maximum Gasteiger partial charge on any atom is 0.249 e. The molecule has 0 bridgehead atoms. The van der Waals surface area contributed by atoms with Crippen LogP contribution in [0.25, 0.3) is 0 Å². The Balaban J connectivity index is 2.04. The van der Waals surface area contributed by atoms with E-state index in [9.17, 15) is 19.5 Å². The Morgan fingerprint density at radius 3 is 2.20 bits per heavy atom. The highest BCUT2D eigenvalue weighted by atomic mass is 35.5. The molecular formula is C32H41ClN4O4. The first-order valence-electron chi connectivity index (χ1n) is 14.1. The van der Waals surface area contributed by atoms with E-state index in [1.54, 1.807) is 17.0 Å². The number of nitrogens with two attached hydrogens (primary N) is 2. The molecule has 2 aromatic rings. The second kappa shape index (κ2) is 15.0. The van der Waals surface area contributed by atoms with E-state index in [2.05, 4.69) is 5.32 Å². The van der Waals surface area contributed by atoms with Crippen molar-refractivity contribution in [2.45, 2.75) is 52.2 Å². The second-order valence-corrected chi connectivity index (χ2v) is 11.1. The molecule has 3 amide bonds. The van der Waals surface area contributed by atoms with E-state index in [4.69, 9.17) is 23.1 Å². The van der Waals surface area contributed by atoms with Crippen molar-refractivity contribution in [2.75, 3.05) is 19.6 Å². The van der Waals surface area contributed by atoms with Crippen molar-refractivity contribution in [3.63, 3.8) is 0 Å². The van der Waals surface area contributed by atoms with Gasteiger partial charge >= 0.3 is 0 Å². The van der Waals surface area contributed by atoms with Gasteiger partial charge in [-0.2, -0.15) is 0 Å². The van der Waals surface area contributed by atoms with Gasteiger partial charge in [0.2, 0.25) is 17.7 Å². The van der Waals surface area contributed by atoms with Crippen LogP contribution in [0.5, 0.6) is 0 Å². The number of benzene rings is 2. The molecule has 0 spiro atoms. The molecule has 0 aliphatic heterocycles. The topological polar surface area (TPSA) is 139 Å². The highest BCUT2D eigenvalue weighted by Gasteiger charge is 2.49. The molecule has 220 valence electrons. The van der Waals surface area contributed by atoms with Crippen LogP contribution in [-0.2, 0) is 27.3 Å².